The number of hydrogen-bond donors (Lipinski definition) is 2. The van der Waals surface area contributed by atoms with Crippen LogP contribution in [0.25, 0.3) is 0 Å². The van der Waals surface area contributed by atoms with Crippen molar-refractivity contribution in [2.45, 2.75) is 51.7 Å². The minimum Gasteiger partial charge on any atom is -0.376 e. The highest BCUT2D eigenvalue weighted by Gasteiger charge is 2.19. The molecule has 0 radical (unpaired) electrons. The molecule has 2 heterocycles. The number of H-pyrrole nitrogens is 1. The van der Waals surface area contributed by atoms with Gasteiger partial charge < -0.3 is 14.8 Å². The molecule has 1 aromatic heterocycles. The lowest BCUT2D eigenvalue weighted by molar-refractivity contribution is -0.0447. The van der Waals surface area contributed by atoms with Crippen LogP contribution < -0.4 is 5.32 Å². The van der Waals surface area contributed by atoms with E-state index in [0.717, 1.165) is 36.4 Å². The third-order valence-corrected chi connectivity index (χ3v) is 5.36. The summed E-state index contributed by atoms with van der Waals surface area (Å²) in [4.78, 5) is 12.5. The highest BCUT2D eigenvalue weighted by molar-refractivity contribution is 9.10. The van der Waals surface area contributed by atoms with Crippen LogP contribution in [0.5, 0.6) is 0 Å². The number of aromatic nitrogens is 2. The number of carbonyl (C=O) groups excluding carboxylic acids is 1. The minimum atomic E-state index is -0.251. The number of amides is 1. The Morgan fingerprint density at radius 2 is 2.30 bits per heavy atom. The molecule has 1 fully saturated rings. The standard InChI is InChI=1S/C20H26BrN3O3/c1-13(2)18-17(21)19(24-23-18)20(25)22-15-7-5-6-14(10-15)11-26-12-16-8-3-4-9-27-16/h5-7,10,13,16H,3-4,8-9,11-12H2,1-2H3,(H,22,25)(H,23,24). The van der Waals surface area contributed by atoms with Crippen LogP contribution in [0.4, 0.5) is 5.69 Å². The van der Waals surface area contributed by atoms with Crippen molar-refractivity contribution in [3.63, 3.8) is 0 Å². The van der Waals surface area contributed by atoms with Gasteiger partial charge in [-0.2, -0.15) is 5.10 Å². The molecule has 1 amide bonds. The Balaban J connectivity index is 1.56. The number of rotatable bonds is 7. The van der Waals surface area contributed by atoms with Gasteiger partial charge in [-0.3, -0.25) is 9.89 Å². The first kappa shape index (κ1) is 20.0. The van der Waals surface area contributed by atoms with E-state index in [1.165, 1.54) is 6.42 Å². The molecule has 3 rings (SSSR count). The predicted octanol–water partition coefficient (Wildman–Crippen LogP) is 4.63. The molecule has 6 nitrogen and oxygen atoms in total. The summed E-state index contributed by atoms with van der Waals surface area (Å²) in [6, 6.07) is 7.67. The molecule has 0 spiro atoms. The van der Waals surface area contributed by atoms with Crippen LogP contribution in [0, 0.1) is 0 Å². The van der Waals surface area contributed by atoms with Gasteiger partial charge in [-0.05, 0) is 58.8 Å². The van der Waals surface area contributed by atoms with Crippen LogP contribution in [0.15, 0.2) is 28.7 Å². The molecule has 146 valence electrons. The molecule has 27 heavy (non-hydrogen) atoms. The third kappa shape index (κ3) is 5.40. The average Bonchev–Trinajstić information content (AvgIpc) is 3.05. The second-order valence-electron chi connectivity index (χ2n) is 7.11. The van der Waals surface area contributed by atoms with Crippen LogP contribution in [0.3, 0.4) is 0 Å². The van der Waals surface area contributed by atoms with E-state index >= 15 is 0 Å². The molecule has 2 aromatic rings. The maximum Gasteiger partial charge on any atom is 0.277 e. The average molecular weight is 436 g/mol. The Morgan fingerprint density at radius 1 is 1.44 bits per heavy atom. The van der Waals surface area contributed by atoms with Gasteiger partial charge in [-0.1, -0.05) is 26.0 Å². The normalized spacial score (nSPS) is 17.3. The van der Waals surface area contributed by atoms with Crippen molar-refractivity contribution < 1.29 is 14.3 Å². The van der Waals surface area contributed by atoms with Gasteiger partial charge in [-0.15, -0.1) is 0 Å². The smallest absolute Gasteiger partial charge is 0.277 e. The Hall–Kier alpha value is -1.70. The summed E-state index contributed by atoms with van der Waals surface area (Å²) < 4.78 is 12.2. The van der Waals surface area contributed by atoms with E-state index < -0.39 is 0 Å². The van der Waals surface area contributed by atoms with Crippen molar-refractivity contribution >= 4 is 27.5 Å². The number of hydrogen-bond acceptors (Lipinski definition) is 4. The molecule has 1 unspecified atom stereocenters. The van der Waals surface area contributed by atoms with Crippen molar-refractivity contribution in [1.29, 1.82) is 0 Å². The minimum absolute atomic E-state index is 0.203. The maximum atomic E-state index is 12.5. The van der Waals surface area contributed by atoms with Gasteiger partial charge in [0.2, 0.25) is 0 Å². The molecular weight excluding hydrogens is 410 g/mol. The molecule has 1 atom stereocenters. The van der Waals surface area contributed by atoms with Crippen LogP contribution in [0.2, 0.25) is 0 Å². The number of carbonyl (C=O) groups is 1. The van der Waals surface area contributed by atoms with E-state index in [1.54, 1.807) is 0 Å². The first-order valence-corrected chi connectivity index (χ1v) is 10.2. The predicted molar refractivity (Wildman–Crippen MR) is 108 cm³/mol. The zero-order valence-electron chi connectivity index (χ0n) is 15.8. The SMILES string of the molecule is CC(C)c1[nH]nc(C(=O)Nc2cccc(COCC3CCCCO3)c2)c1Br. The monoisotopic (exact) mass is 435 g/mol. The molecule has 0 aliphatic carbocycles. The van der Waals surface area contributed by atoms with E-state index in [1.807, 2.05) is 38.1 Å². The first-order valence-electron chi connectivity index (χ1n) is 9.38. The lowest BCUT2D eigenvalue weighted by atomic mass is 10.1. The zero-order valence-corrected chi connectivity index (χ0v) is 17.3. The summed E-state index contributed by atoms with van der Waals surface area (Å²) in [5.74, 6) is 0.000689. The summed E-state index contributed by atoms with van der Waals surface area (Å²) in [5, 5.41) is 9.96. The molecule has 1 aliphatic rings. The Bertz CT molecular complexity index is 770. The molecule has 1 saturated heterocycles. The van der Waals surface area contributed by atoms with E-state index in [-0.39, 0.29) is 17.9 Å². The number of aromatic amines is 1. The number of benzene rings is 1. The number of anilines is 1. The summed E-state index contributed by atoms with van der Waals surface area (Å²) in [6.45, 7) is 6.02. The van der Waals surface area contributed by atoms with E-state index in [4.69, 9.17) is 9.47 Å². The van der Waals surface area contributed by atoms with Crippen molar-refractivity contribution in [2.75, 3.05) is 18.5 Å². The van der Waals surface area contributed by atoms with Gasteiger partial charge in [-0.25, -0.2) is 0 Å². The Labute approximate surface area is 168 Å². The van der Waals surface area contributed by atoms with Gasteiger partial charge in [0, 0.05) is 12.3 Å². The number of ether oxygens (including phenoxy) is 2. The fourth-order valence-corrected chi connectivity index (χ4v) is 3.87. The number of nitrogens with zero attached hydrogens (tertiary/aromatic N) is 1. The molecule has 1 aromatic carbocycles. The Kier molecular flexibility index (Phi) is 7.04. The summed E-state index contributed by atoms with van der Waals surface area (Å²) in [5.41, 5.74) is 2.99. The molecular formula is C20H26BrN3O3. The first-order chi connectivity index (χ1) is 13.0. The van der Waals surface area contributed by atoms with Gasteiger partial charge in [0.25, 0.3) is 5.91 Å². The fourth-order valence-electron chi connectivity index (χ4n) is 3.05. The lowest BCUT2D eigenvalue weighted by Crippen LogP contribution is -2.24. The molecule has 0 bridgehead atoms. The number of nitrogens with one attached hydrogen (secondary N) is 2. The van der Waals surface area contributed by atoms with Crippen molar-refractivity contribution in [1.82, 2.24) is 10.2 Å². The van der Waals surface area contributed by atoms with E-state index in [9.17, 15) is 4.79 Å². The summed E-state index contributed by atoms with van der Waals surface area (Å²) in [6.07, 6.45) is 3.61. The van der Waals surface area contributed by atoms with E-state index in [0.29, 0.717) is 23.4 Å². The summed E-state index contributed by atoms with van der Waals surface area (Å²) >= 11 is 3.47. The Morgan fingerprint density at radius 3 is 3.00 bits per heavy atom. The highest BCUT2D eigenvalue weighted by Crippen LogP contribution is 2.26. The quantitative estimate of drug-likeness (QED) is 0.664. The molecule has 2 N–H and O–H groups in total. The summed E-state index contributed by atoms with van der Waals surface area (Å²) in [7, 11) is 0. The van der Waals surface area contributed by atoms with Gasteiger partial charge in [0.1, 0.15) is 0 Å². The largest absolute Gasteiger partial charge is 0.376 e. The maximum absolute atomic E-state index is 12.5. The van der Waals surface area contributed by atoms with Gasteiger partial charge in [0.15, 0.2) is 5.69 Å². The van der Waals surface area contributed by atoms with Crippen molar-refractivity contribution in [3.8, 4) is 0 Å². The van der Waals surface area contributed by atoms with E-state index in [2.05, 4.69) is 31.4 Å². The van der Waals surface area contributed by atoms with Gasteiger partial charge >= 0.3 is 0 Å². The van der Waals surface area contributed by atoms with Crippen LogP contribution in [-0.2, 0) is 16.1 Å². The second kappa shape index (κ2) is 9.48. The fraction of sp³-hybridized carbons (Fsp3) is 0.500. The zero-order chi connectivity index (χ0) is 19.2. The van der Waals surface area contributed by atoms with Gasteiger partial charge in [0.05, 0.1) is 29.5 Å². The lowest BCUT2D eigenvalue weighted by Gasteiger charge is -2.22. The van der Waals surface area contributed by atoms with Crippen molar-refractivity contribution in [2.24, 2.45) is 0 Å². The topological polar surface area (TPSA) is 76.2 Å². The third-order valence-electron chi connectivity index (χ3n) is 4.56. The second-order valence-corrected chi connectivity index (χ2v) is 7.91. The van der Waals surface area contributed by atoms with Crippen LogP contribution >= 0.6 is 15.9 Å². The van der Waals surface area contributed by atoms with Crippen LogP contribution in [0.1, 0.15) is 60.8 Å². The molecule has 0 saturated carbocycles. The molecule has 7 heteroatoms. The highest BCUT2D eigenvalue weighted by atomic mass is 79.9. The van der Waals surface area contributed by atoms with Crippen LogP contribution in [-0.4, -0.2) is 35.4 Å². The number of halogens is 1. The van der Waals surface area contributed by atoms with Crippen molar-refractivity contribution in [3.05, 3.63) is 45.7 Å². The molecule has 1 aliphatic heterocycles.